The van der Waals surface area contributed by atoms with E-state index in [0.29, 0.717) is 0 Å². The van der Waals surface area contributed by atoms with Gasteiger partial charge in [-0.05, 0) is 0 Å². The second-order valence-corrected chi connectivity index (χ2v) is 22.0. The SMILES string of the molecule is CC[SiH]([O][Al+])[SiH]1[O][Al+][O][SiH]1CC.O=[Si]=O.[Cl-].[Cl-]. The summed E-state index contributed by atoms with van der Waals surface area (Å²) in [7, 11) is -4.25. The zero-order valence-corrected chi connectivity index (χ0v) is 17.9. The Labute approximate surface area is 136 Å². The predicted octanol–water partition coefficient (Wildman–Crippen LogP) is -7.57. The third-order valence-electron chi connectivity index (χ3n) is 2.16. The molecule has 13 heteroatoms. The van der Waals surface area contributed by atoms with E-state index in [1.807, 2.05) is 0 Å². The van der Waals surface area contributed by atoms with Gasteiger partial charge < -0.3 is 24.8 Å². The Morgan fingerprint density at radius 2 is 1.88 bits per heavy atom. The maximum atomic E-state index is 8.40. The molecule has 0 amide bonds. The topological polar surface area (TPSA) is 61.8 Å². The Bertz CT molecular complexity index is 208. The summed E-state index contributed by atoms with van der Waals surface area (Å²) in [5.41, 5.74) is 0. The van der Waals surface area contributed by atoms with Crippen molar-refractivity contribution < 1.29 is 44.2 Å². The summed E-state index contributed by atoms with van der Waals surface area (Å²) in [5, 5.41) is 0. The van der Waals surface area contributed by atoms with Crippen molar-refractivity contribution in [3.05, 3.63) is 0 Å². The van der Waals surface area contributed by atoms with Gasteiger partial charge in [0, 0.05) is 0 Å². The molecule has 1 heterocycles. The van der Waals surface area contributed by atoms with E-state index in [1.54, 1.807) is 0 Å². The maximum absolute atomic E-state index is 8.40. The van der Waals surface area contributed by atoms with Gasteiger partial charge in [-0.15, -0.1) is 0 Å². The molecule has 95 valence electrons. The Morgan fingerprint density at radius 3 is 2.24 bits per heavy atom. The van der Waals surface area contributed by atoms with E-state index in [4.69, 9.17) is 19.4 Å². The Hall–Kier alpha value is 1.99. The summed E-state index contributed by atoms with van der Waals surface area (Å²) in [5.74, 6) is 0. The van der Waals surface area contributed by atoms with E-state index in [1.165, 1.54) is 12.1 Å². The van der Waals surface area contributed by atoms with Gasteiger partial charge in [0.15, 0.2) is 0 Å². The first-order valence-electron chi connectivity index (χ1n) is 4.72. The molecule has 1 saturated heterocycles. The van der Waals surface area contributed by atoms with Gasteiger partial charge in [-0.1, -0.05) is 0 Å². The van der Waals surface area contributed by atoms with Crippen LogP contribution in [0.2, 0.25) is 12.1 Å². The fourth-order valence-electron chi connectivity index (χ4n) is 1.39. The van der Waals surface area contributed by atoms with Crippen molar-refractivity contribution in [1.29, 1.82) is 0 Å². The second-order valence-electron chi connectivity index (χ2n) is 2.95. The molecular formula is C4H13Al2Cl2O5Si4. The molecule has 0 N–H and O–H groups in total. The monoisotopic (exact) mass is 377 g/mol. The molecular weight excluding hydrogens is 365 g/mol. The first-order valence-corrected chi connectivity index (χ1v) is 15.3. The molecule has 1 rings (SSSR count). The van der Waals surface area contributed by atoms with Gasteiger partial charge >= 0.3 is 103 Å². The van der Waals surface area contributed by atoms with Crippen molar-refractivity contribution in [3.63, 3.8) is 0 Å². The predicted molar refractivity (Wildman–Crippen MR) is 64.3 cm³/mol. The van der Waals surface area contributed by atoms with Gasteiger partial charge in [-0.2, -0.15) is 0 Å². The standard InChI is InChI=1S/C4H13O3Si3.2Al.2ClH.O2Si/c1-3-8(5)10(7)9(6)4-2;;;;;1-3-2/h8-10H,3-4H2,1-2H3;;;2*1H;/q-3;+2;+3;;;/p-2. The van der Waals surface area contributed by atoms with Crippen molar-refractivity contribution in [2.24, 2.45) is 0 Å². The van der Waals surface area contributed by atoms with Gasteiger partial charge in [-0.3, -0.25) is 8.92 Å². The second kappa shape index (κ2) is 16.0. The fourth-order valence-corrected chi connectivity index (χ4v) is 34.9. The minimum Gasteiger partial charge on any atom is -1.00 e. The summed E-state index contributed by atoms with van der Waals surface area (Å²) in [6, 6.07) is 2.44. The molecule has 17 heavy (non-hydrogen) atoms. The first kappa shape index (κ1) is 24.0. The van der Waals surface area contributed by atoms with Crippen LogP contribution in [0.1, 0.15) is 13.8 Å². The zero-order valence-electron chi connectivity index (χ0n) is 9.60. The van der Waals surface area contributed by atoms with E-state index >= 15 is 0 Å². The molecule has 3 unspecified atom stereocenters. The van der Waals surface area contributed by atoms with Crippen LogP contribution in [-0.4, -0.2) is 67.0 Å². The molecule has 0 aromatic rings. The van der Waals surface area contributed by atoms with Crippen molar-refractivity contribution >= 4 is 67.0 Å². The van der Waals surface area contributed by atoms with Gasteiger partial charge in [0.2, 0.25) is 0 Å². The molecule has 1 aliphatic rings. The van der Waals surface area contributed by atoms with E-state index in [2.05, 4.69) is 30.5 Å². The summed E-state index contributed by atoms with van der Waals surface area (Å²) < 4.78 is 33.8. The molecule has 0 aromatic heterocycles. The average molecular weight is 378 g/mol. The summed E-state index contributed by atoms with van der Waals surface area (Å²) in [4.78, 5) is 0. The molecule has 3 atom stereocenters. The normalized spacial score (nSPS) is 22.2. The van der Waals surface area contributed by atoms with Crippen LogP contribution in [0, 0.1) is 0 Å². The summed E-state index contributed by atoms with van der Waals surface area (Å²) in [6.07, 6.45) is 0. The molecule has 5 nitrogen and oxygen atoms in total. The fraction of sp³-hybridized carbons (Fsp3) is 1.00. The molecule has 0 bridgehead atoms. The summed E-state index contributed by atoms with van der Waals surface area (Å²) >= 11 is 2.32. The molecule has 1 fully saturated rings. The van der Waals surface area contributed by atoms with Crippen molar-refractivity contribution in [2.45, 2.75) is 25.9 Å². The maximum Gasteiger partial charge on any atom is 0.549 e. The van der Waals surface area contributed by atoms with E-state index < -0.39 is 34.5 Å². The quantitative estimate of drug-likeness (QED) is 0.455. The zero-order chi connectivity index (χ0) is 11.7. The van der Waals surface area contributed by atoms with Crippen LogP contribution in [0.4, 0.5) is 0 Å². The van der Waals surface area contributed by atoms with Crippen LogP contribution >= 0.6 is 0 Å². The Balaban J connectivity index is -0.000000356. The van der Waals surface area contributed by atoms with Crippen LogP contribution in [0.5, 0.6) is 0 Å². The first-order chi connectivity index (χ1) is 7.24. The van der Waals surface area contributed by atoms with Crippen molar-refractivity contribution in [2.75, 3.05) is 0 Å². The van der Waals surface area contributed by atoms with Gasteiger partial charge in [0.1, 0.15) is 0 Å². The smallest absolute Gasteiger partial charge is 0.549 e. The van der Waals surface area contributed by atoms with Gasteiger partial charge in [0.05, 0.1) is 0 Å². The van der Waals surface area contributed by atoms with Gasteiger partial charge in [-0.25, -0.2) is 0 Å². The van der Waals surface area contributed by atoms with Crippen LogP contribution in [0.15, 0.2) is 0 Å². The van der Waals surface area contributed by atoms with E-state index in [9.17, 15) is 0 Å². The largest absolute Gasteiger partial charge is 1.00 e. The number of hydrogen-bond donors (Lipinski definition) is 0. The molecule has 0 aliphatic carbocycles. The van der Waals surface area contributed by atoms with Crippen LogP contribution in [0.25, 0.3) is 0 Å². The van der Waals surface area contributed by atoms with Crippen LogP contribution in [-0.2, 0) is 19.4 Å². The van der Waals surface area contributed by atoms with Crippen LogP contribution in [0.3, 0.4) is 0 Å². The average Bonchev–Trinajstić information content (AvgIpc) is 2.69. The number of halogens is 2. The van der Waals surface area contributed by atoms with Gasteiger partial charge in [0.25, 0.3) is 0 Å². The minimum atomic E-state index is -1.42. The molecule has 0 saturated carbocycles. The Kier molecular flexibility index (Phi) is 22.7. The summed E-state index contributed by atoms with van der Waals surface area (Å²) in [6.45, 7) is 4.45. The van der Waals surface area contributed by atoms with Crippen molar-refractivity contribution in [3.8, 4) is 0 Å². The number of rotatable bonds is 4. The molecule has 0 aromatic carbocycles. The van der Waals surface area contributed by atoms with E-state index in [0.717, 1.165) is 0 Å². The third-order valence-corrected chi connectivity index (χ3v) is 30.8. The van der Waals surface area contributed by atoms with Crippen molar-refractivity contribution in [1.82, 2.24) is 0 Å². The minimum absolute atomic E-state index is 0. The third kappa shape index (κ3) is 9.51. The molecule has 1 aliphatic heterocycles. The van der Waals surface area contributed by atoms with E-state index in [-0.39, 0.29) is 40.7 Å². The Morgan fingerprint density at radius 1 is 1.35 bits per heavy atom. The molecule has 0 spiro atoms. The van der Waals surface area contributed by atoms with Crippen LogP contribution < -0.4 is 24.8 Å². The number of hydrogen-bond acceptors (Lipinski definition) is 5. The molecule has 1 radical (unpaired) electrons.